The Morgan fingerprint density at radius 2 is 0.477 bits per heavy atom. The molecule has 0 unspecified atom stereocenters. The zero-order valence-corrected chi connectivity index (χ0v) is 29.9. The van der Waals surface area contributed by atoms with Crippen LogP contribution in [0, 0.1) is 0 Å². The van der Waals surface area contributed by atoms with E-state index < -0.39 is 0 Å². The van der Waals surface area contributed by atoms with Gasteiger partial charge in [0.15, 0.2) is 0 Å². The maximum Gasteiger partial charge on any atom is 0.253 e. The minimum atomic E-state index is -0.337. The van der Waals surface area contributed by atoms with Crippen LogP contribution in [0.5, 0.6) is 0 Å². The molecule has 0 radical (unpaired) electrons. The first-order valence-electron chi connectivity index (χ1n) is 20.0. The summed E-state index contributed by atoms with van der Waals surface area (Å²) >= 11 is 0. The second kappa shape index (κ2) is 31.7. The normalized spacial score (nSPS) is 11.5. The Hall–Kier alpha value is -1.32. The minimum Gasteiger partial charge on any atom is -0.380 e. The second-order valence-electron chi connectivity index (χ2n) is 13.9. The molecule has 0 spiro atoms. The summed E-state index contributed by atoms with van der Waals surface area (Å²) in [4.78, 5) is 24.1. The van der Waals surface area contributed by atoms with E-state index in [4.69, 9.17) is 0 Å². The zero-order chi connectivity index (χ0) is 31.8. The maximum absolute atomic E-state index is 12.0. The van der Waals surface area contributed by atoms with Gasteiger partial charge < -0.3 is 10.6 Å². The lowest BCUT2D eigenvalue weighted by atomic mass is 10.0. The van der Waals surface area contributed by atoms with E-state index in [1.165, 1.54) is 193 Å². The fourth-order valence-corrected chi connectivity index (χ4v) is 6.50. The molecule has 1 aromatic rings. The minimum absolute atomic E-state index is 0.337. The van der Waals surface area contributed by atoms with Gasteiger partial charge in [-0.3, -0.25) is 9.59 Å². The van der Waals surface area contributed by atoms with Crippen LogP contribution in [0.4, 0.5) is 11.4 Å². The van der Waals surface area contributed by atoms with Crippen LogP contribution in [0.1, 0.15) is 219 Å². The smallest absolute Gasteiger partial charge is 0.253 e. The van der Waals surface area contributed by atoms with Gasteiger partial charge in [-0.2, -0.15) is 0 Å². The Kier molecular flexibility index (Phi) is 29.3. The molecular formula is C40H76N2O2. The van der Waals surface area contributed by atoms with E-state index in [1.54, 1.807) is 0 Å². The van der Waals surface area contributed by atoms with Gasteiger partial charge in [-0.05, 0) is 12.8 Å². The van der Waals surface area contributed by atoms with Gasteiger partial charge in [-0.1, -0.05) is 206 Å². The van der Waals surface area contributed by atoms with Crippen molar-refractivity contribution in [1.29, 1.82) is 0 Å². The fraction of sp³-hybridized carbons (Fsp3) is 0.900. The molecule has 0 saturated heterocycles. The van der Waals surface area contributed by atoms with Crippen molar-refractivity contribution in [3.8, 4) is 0 Å². The summed E-state index contributed by atoms with van der Waals surface area (Å²) in [7, 11) is 0. The van der Waals surface area contributed by atoms with Crippen molar-refractivity contribution in [2.75, 3.05) is 23.7 Å². The molecule has 4 heteroatoms. The van der Waals surface area contributed by atoms with Crippen LogP contribution in [-0.4, -0.2) is 13.1 Å². The molecule has 2 N–H and O–H groups in total. The molecule has 258 valence electrons. The third-order valence-corrected chi connectivity index (χ3v) is 9.57. The summed E-state index contributed by atoms with van der Waals surface area (Å²) in [5.41, 5.74) is 0.395. The number of hydrogen-bond acceptors (Lipinski definition) is 4. The number of anilines is 2. The summed E-state index contributed by atoms with van der Waals surface area (Å²) in [6.45, 7) is 6.15. The lowest BCUT2D eigenvalue weighted by Crippen LogP contribution is -2.37. The van der Waals surface area contributed by atoms with Crippen molar-refractivity contribution in [1.82, 2.24) is 0 Å². The predicted molar refractivity (Wildman–Crippen MR) is 197 cm³/mol. The fourth-order valence-electron chi connectivity index (χ4n) is 6.50. The van der Waals surface area contributed by atoms with Gasteiger partial charge >= 0.3 is 0 Å². The van der Waals surface area contributed by atoms with Crippen LogP contribution >= 0.6 is 0 Å². The van der Waals surface area contributed by atoms with E-state index in [0.717, 1.165) is 25.9 Å². The lowest BCUT2D eigenvalue weighted by Gasteiger charge is -2.14. The van der Waals surface area contributed by atoms with Gasteiger partial charge in [-0.25, -0.2) is 0 Å². The summed E-state index contributed by atoms with van der Waals surface area (Å²) in [5.74, 6) is 0. The van der Waals surface area contributed by atoms with Crippen molar-refractivity contribution < 1.29 is 0 Å². The average Bonchev–Trinajstić information content (AvgIpc) is 3.04. The Balaban J connectivity index is 1.87. The number of unbranched alkanes of at least 4 members (excludes halogenated alkanes) is 30. The number of rotatable bonds is 36. The molecular weight excluding hydrogens is 540 g/mol. The summed E-state index contributed by atoms with van der Waals surface area (Å²) < 4.78 is 0. The molecule has 44 heavy (non-hydrogen) atoms. The summed E-state index contributed by atoms with van der Waals surface area (Å²) in [6, 6.07) is 0. The van der Waals surface area contributed by atoms with Crippen LogP contribution in [0.2, 0.25) is 0 Å². The zero-order valence-electron chi connectivity index (χ0n) is 29.9. The molecule has 0 amide bonds. The quantitative estimate of drug-likeness (QED) is 0.0581. The van der Waals surface area contributed by atoms with Crippen molar-refractivity contribution in [2.45, 2.75) is 219 Å². The molecule has 0 atom stereocenters. The van der Waals surface area contributed by atoms with Crippen LogP contribution in [0.15, 0.2) is 9.59 Å². The molecule has 0 bridgehead atoms. The first-order valence-corrected chi connectivity index (χ1v) is 20.0. The third-order valence-electron chi connectivity index (χ3n) is 9.57. The summed E-state index contributed by atoms with van der Waals surface area (Å²) in [6.07, 6.45) is 43.5. The Morgan fingerprint density at radius 1 is 0.295 bits per heavy atom. The Morgan fingerprint density at radius 3 is 0.682 bits per heavy atom. The van der Waals surface area contributed by atoms with E-state index >= 15 is 0 Å². The second-order valence-corrected chi connectivity index (χ2v) is 13.9. The first-order chi connectivity index (χ1) is 21.7. The number of hydrogen-bond donors (Lipinski definition) is 2. The largest absolute Gasteiger partial charge is 0.380 e. The van der Waals surface area contributed by atoms with Crippen molar-refractivity contribution in [3.63, 3.8) is 0 Å². The molecule has 0 aromatic heterocycles. The molecule has 0 heterocycles. The van der Waals surface area contributed by atoms with Gasteiger partial charge in [0, 0.05) is 13.1 Å². The standard InChI is InChI=1S/C40H76N2O2/c1-3-5-7-9-11-13-15-17-19-21-23-25-27-29-31-33-35-41-37-38(40(44)39(37)43)42-36-34-32-30-28-26-24-22-20-18-16-14-12-10-8-6-4-2/h41-42H,3-36H2,1-2H3. The molecule has 4 nitrogen and oxygen atoms in total. The monoisotopic (exact) mass is 617 g/mol. The van der Waals surface area contributed by atoms with Gasteiger partial charge in [0.1, 0.15) is 11.4 Å². The lowest BCUT2D eigenvalue weighted by molar-refractivity contribution is 0.530. The van der Waals surface area contributed by atoms with Gasteiger partial charge in [-0.15, -0.1) is 0 Å². The highest BCUT2D eigenvalue weighted by molar-refractivity contribution is 5.73. The molecule has 0 aliphatic rings. The van der Waals surface area contributed by atoms with E-state index in [1.807, 2.05) is 0 Å². The van der Waals surface area contributed by atoms with Crippen LogP contribution in [0.3, 0.4) is 0 Å². The summed E-state index contributed by atoms with van der Waals surface area (Å²) in [5, 5.41) is 6.50. The van der Waals surface area contributed by atoms with E-state index in [0.29, 0.717) is 11.4 Å². The van der Waals surface area contributed by atoms with Crippen molar-refractivity contribution >= 4 is 11.4 Å². The molecule has 0 saturated carbocycles. The van der Waals surface area contributed by atoms with Crippen LogP contribution in [-0.2, 0) is 0 Å². The van der Waals surface area contributed by atoms with Crippen LogP contribution in [0.25, 0.3) is 0 Å². The Bertz CT molecular complexity index is 732. The molecule has 1 rings (SSSR count). The van der Waals surface area contributed by atoms with Gasteiger partial charge in [0.2, 0.25) is 0 Å². The molecule has 1 aromatic carbocycles. The highest BCUT2D eigenvalue weighted by atomic mass is 16.2. The molecule has 0 fully saturated rings. The van der Waals surface area contributed by atoms with Gasteiger partial charge in [0.25, 0.3) is 10.9 Å². The maximum atomic E-state index is 12.0. The first kappa shape index (κ1) is 40.7. The Labute approximate surface area is 274 Å². The number of nitrogens with one attached hydrogen (secondary N) is 2. The third kappa shape index (κ3) is 23.1. The van der Waals surface area contributed by atoms with E-state index in [2.05, 4.69) is 24.5 Å². The topological polar surface area (TPSA) is 58.2 Å². The van der Waals surface area contributed by atoms with Crippen molar-refractivity contribution in [2.24, 2.45) is 0 Å². The van der Waals surface area contributed by atoms with Gasteiger partial charge in [0.05, 0.1) is 0 Å². The van der Waals surface area contributed by atoms with Crippen LogP contribution < -0.4 is 21.5 Å². The predicted octanol–water partition coefficient (Wildman–Crippen LogP) is 12.6. The van der Waals surface area contributed by atoms with E-state index in [-0.39, 0.29) is 10.9 Å². The van der Waals surface area contributed by atoms with Crippen molar-refractivity contribution in [3.05, 3.63) is 20.4 Å². The highest BCUT2D eigenvalue weighted by Crippen LogP contribution is 2.17. The SMILES string of the molecule is CCCCCCCCCCCCCCCCCCNc1c(NCCCCCCCCCCCCCCCCCC)c(=O)c1=O. The molecule has 0 aliphatic carbocycles. The highest BCUT2D eigenvalue weighted by Gasteiger charge is 2.19. The van der Waals surface area contributed by atoms with E-state index in [9.17, 15) is 9.59 Å². The molecule has 0 aliphatic heterocycles. The average molecular weight is 617 g/mol.